The maximum Gasteiger partial charge on any atom is 0.328 e. The zero-order chi connectivity index (χ0) is 8.27. The fraction of sp³-hybridized carbons (Fsp3) is 0. The van der Waals surface area contributed by atoms with Gasteiger partial charge in [-0.15, -0.1) is 11.3 Å². The summed E-state index contributed by atoms with van der Waals surface area (Å²) in [6.45, 7) is 0. The Balaban J connectivity index is 2.71. The normalized spacial score (nSPS) is 10.6. The van der Waals surface area contributed by atoms with E-state index in [1.165, 1.54) is 11.3 Å². The lowest BCUT2D eigenvalue weighted by molar-refractivity contribution is -0.131. The molecule has 0 aliphatic carbocycles. The summed E-state index contributed by atoms with van der Waals surface area (Å²) in [5, 5.41) is 10.2. The van der Waals surface area contributed by atoms with E-state index in [-0.39, 0.29) is 0 Å². The van der Waals surface area contributed by atoms with Crippen LogP contribution in [0.5, 0.6) is 0 Å². The van der Waals surface area contributed by atoms with Gasteiger partial charge in [-0.05, 0) is 28.1 Å². The summed E-state index contributed by atoms with van der Waals surface area (Å²) in [4.78, 5) is 11.0. The predicted octanol–water partition coefficient (Wildman–Crippen LogP) is 2.61. The molecule has 1 aromatic heterocycles. The Bertz CT molecular complexity index is 290. The third kappa shape index (κ3) is 2.86. The molecule has 58 valence electrons. The highest BCUT2D eigenvalue weighted by Crippen LogP contribution is 2.20. The molecule has 0 unspecified atom stereocenters. The fourth-order valence-electron chi connectivity index (χ4n) is 0.569. The summed E-state index contributed by atoms with van der Waals surface area (Å²) in [7, 11) is 0. The molecule has 0 spiro atoms. The lowest BCUT2D eigenvalue weighted by atomic mass is 10.4. The van der Waals surface area contributed by atoms with Crippen molar-refractivity contribution in [3.8, 4) is 0 Å². The maximum absolute atomic E-state index is 10.1. The molecule has 0 radical (unpaired) electrons. The fourth-order valence-corrected chi connectivity index (χ4v) is 1.91. The second-order valence-electron chi connectivity index (χ2n) is 1.84. The predicted molar refractivity (Wildman–Crippen MR) is 48.7 cm³/mol. The van der Waals surface area contributed by atoms with Gasteiger partial charge in [0.2, 0.25) is 0 Å². The van der Waals surface area contributed by atoms with Crippen LogP contribution in [0.25, 0.3) is 6.08 Å². The Labute approximate surface area is 76.3 Å². The average molecular weight is 233 g/mol. The van der Waals surface area contributed by atoms with Gasteiger partial charge in [0.15, 0.2) is 0 Å². The minimum absolute atomic E-state index is 0.922. The van der Waals surface area contributed by atoms with Crippen molar-refractivity contribution in [2.75, 3.05) is 0 Å². The lowest BCUT2D eigenvalue weighted by Gasteiger charge is -1.79. The van der Waals surface area contributed by atoms with Crippen LogP contribution in [0, 0.1) is 0 Å². The third-order valence-corrected chi connectivity index (χ3v) is 2.64. The van der Waals surface area contributed by atoms with Gasteiger partial charge in [-0.1, -0.05) is 0 Å². The van der Waals surface area contributed by atoms with Crippen LogP contribution in [-0.2, 0) is 4.79 Å². The van der Waals surface area contributed by atoms with Crippen molar-refractivity contribution in [2.45, 2.75) is 0 Å². The summed E-state index contributed by atoms with van der Waals surface area (Å²) in [6, 6.07) is 1.87. The molecule has 0 bridgehead atoms. The van der Waals surface area contributed by atoms with E-state index < -0.39 is 5.97 Å². The number of aliphatic carboxylic acids is 1. The summed E-state index contributed by atoms with van der Waals surface area (Å²) < 4.78 is 0.979. The van der Waals surface area contributed by atoms with Gasteiger partial charge in [0.05, 0.1) is 0 Å². The molecular formula is C7H5BrO2S. The minimum atomic E-state index is -0.922. The largest absolute Gasteiger partial charge is 0.478 e. The molecule has 0 aliphatic heterocycles. The van der Waals surface area contributed by atoms with Gasteiger partial charge in [0.25, 0.3) is 0 Å². The van der Waals surface area contributed by atoms with Gasteiger partial charge in [0.1, 0.15) is 0 Å². The molecule has 1 N–H and O–H groups in total. The van der Waals surface area contributed by atoms with Crippen molar-refractivity contribution in [1.29, 1.82) is 0 Å². The summed E-state index contributed by atoms with van der Waals surface area (Å²) in [5.74, 6) is -0.922. The van der Waals surface area contributed by atoms with E-state index >= 15 is 0 Å². The number of carboxylic acids is 1. The second-order valence-corrected chi connectivity index (χ2v) is 3.70. The molecule has 0 aliphatic rings. The Morgan fingerprint density at radius 3 is 2.91 bits per heavy atom. The second kappa shape index (κ2) is 3.69. The molecule has 2 nitrogen and oxygen atoms in total. The molecule has 1 heterocycles. The van der Waals surface area contributed by atoms with Gasteiger partial charge in [0, 0.05) is 20.8 Å². The first kappa shape index (κ1) is 8.49. The van der Waals surface area contributed by atoms with E-state index in [4.69, 9.17) is 5.11 Å². The van der Waals surface area contributed by atoms with Crippen molar-refractivity contribution in [2.24, 2.45) is 0 Å². The van der Waals surface area contributed by atoms with Gasteiger partial charge < -0.3 is 5.11 Å². The maximum atomic E-state index is 10.1. The molecule has 0 amide bonds. The lowest BCUT2D eigenvalue weighted by Crippen LogP contribution is -1.84. The summed E-state index contributed by atoms with van der Waals surface area (Å²) in [6.07, 6.45) is 2.69. The van der Waals surface area contributed by atoms with Gasteiger partial charge in [-0.25, -0.2) is 4.79 Å². The highest BCUT2D eigenvalue weighted by molar-refractivity contribution is 9.10. The molecule has 0 aromatic carbocycles. The monoisotopic (exact) mass is 232 g/mol. The molecule has 4 heteroatoms. The van der Waals surface area contributed by atoms with E-state index in [1.807, 2.05) is 11.4 Å². The molecule has 11 heavy (non-hydrogen) atoms. The zero-order valence-corrected chi connectivity index (χ0v) is 7.85. The van der Waals surface area contributed by atoms with Crippen LogP contribution in [0.1, 0.15) is 4.88 Å². The van der Waals surface area contributed by atoms with Crippen LogP contribution in [0.15, 0.2) is 22.0 Å². The van der Waals surface area contributed by atoms with E-state index in [1.54, 1.807) is 6.08 Å². The van der Waals surface area contributed by atoms with Crippen LogP contribution in [0.4, 0.5) is 0 Å². The number of hydrogen-bond donors (Lipinski definition) is 1. The molecule has 0 fully saturated rings. The number of thiophene rings is 1. The molecule has 1 rings (SSSR count). The molecule has 0 atom stereocenters. The van der Waals surface area contributed by atoms with E-state index in [0.29, 0.717) is 0 Å². The third-order valence-electron chi connectivity index (χ3n) is 0.978. The van der Waals surface area contributed by atoms with Crippen molar-refractivity contribution in [3.63, 3.8) is 0 Å². The van der Waals surface area contributed by atoms with Crippen LogP contribution in [0.2, 0.25) is 0 Å². The smallest absolute Gasteiger partial charge is 0.328 e. The van der Waals surface area contributed by atoms with E-state index in [2.05, 4.69) is 15.9 Å². The first-order valence-corrected chi connectivity index (χ1v) is 4.51. The minimum Gasteiger partial charge on any atom is -0.478 e. The molecule has 0 saturated carbocycles. The topological polar surface area (TPSA) is 37.3 Å². The van der Waals surface area contributed by atoms with Crippen molar-refractivity contribution < 1.29 is 9.90 Å². The summed E-state index contributed by atoms with van der Waals surface area (Å²) in [5.41, 5.74) is 0. The highest BCUT2D eigenvalue weighted by Gasteiger charge is 1.92. The van der Waals surface area contributed by atoms with Crippen molar-refractivity contribution >= 4 is 39.3 Å². The quantitative estimate of drug-likeness (QED) is 0.797. The van der Waals surface area contributed by atoms with Crippen LogP contribution in [-0.4, -0.2) is 11.1 Å². The van der Waals surface area contributed by atoms with Crippen LogP contribution in [0.3, 0.4) is 0 Å². The van der Waals surface area contributed by atoms with Gasteiger partial charge >= 0.3 is 5.97 Å². The van der Waals surface area contributed by atoms with Gasteiger partial charge in [-0.2, -0.15) is 0 Å². The van der Waals surface area contributed by atoms with Crippen molar-refractivity contribution in [1.82, 2.24) is 0 Å². The Hall–Kier alpha value is -0.610. The van der Waals surface area contributed by atoms with E-state index in [0.717, 1.165) is 15.4 Å². The highest BCUT2D eigenvalue weighted by atomic mass is 79.9. The first-order chi connectivity index (χ1) is 5.18. The molecule has 1 aromatic rings. The van der Waals surface area contributed by atoms with Gasteiger partial charge in [-0.3, -0.25) is 0 Å². The van der Waals surface area contributed by atoms with Crippen molar-refractivity contribution in [3.05, 3.63) is 26.9 Å². The molecule has 0 saturated heterocycles. The Morgan fingerprint density at radius 2 is 2.45 bits per heavy atom. The van der Waals surface area contributed by atoms with Crippen LogP contribution >= 0.6 is 27.3 Å². The number of halogens is 1. The Kier molecular flexibility index (Phi) is 2.84. The zero-order valence-electron chi connectivity index (χ0n) is 5.45. The standard InChI is InChI=1S/C7H5BrO2S/c8-5-3-6(11-4-5)1-2-7(9)10/h1-4H,(H,9,10). The number of carboxylic acid groups (broad SMARTS) is 1. The number of carbonyl (C=O) groups is 1. The number of hydrogen-bond acceptors (Lipinski definition) is 2. The number of rotatable bonds is 2. The Morgan fingerprint density at radius 1 is 1.73 bits per heavy atom. The summed E-state index contributed by atoms with van der Waals surface area (Å²) >= 11 is 4.76. The average Bonchev–Trinajstić information content (AvgIpc) is 2.31. The molecular weight excluding hydrogens is 228 g/mol. The van der Waals surface area contributed by atoms with E-state index in [9.17, 15) is 4.79 Å². The van der Waals surface area contributed by atoms with Crippen LogP contribution < -0.4 is 0 Å². The first-order valence-electron chi connectivity index (χ1n) is 2.83. The SMILES string of the molecule is O=C(O)C=Cc1cc(Br)cs1.